The maximum atomic E-state index is 12.6. The first-order chi connectivity index (χ1) is 12.4. The lowest BCUT2D eigenvalue weighted by Gasteiger charge is -2.46. The van der Waals surface area contributed by atoms with E-state index >= 15 is 0 Å². The Morgan fingerprint density at radius 1 is 1.35 bits per heavy atom. The van der Waals surface area contributed by atoms with Crippen molar-refractivity contribution < 1.29 is 29.2 Å². The van der Waals surface area contributed by atoms with Crippen molar-refractivity contribution in [1.29, 1.82) is 0 Å². The minimum atomic E-state index is -1.40. The second-order valence-electron chi connectivity index (χ2n) is 7.61. The summed E-state index contributed by atoms with van der Waals surface area (Å²) < 4.78 is 16.6. The summed E-state index contributed by atoms with van der Waals surface area (Å²) in [5, 5.41) is 22.1. The molecule has 1 aliphatic heterocycles. The van der Waals surface area contributed by atoms with E-state index in [1.165, 1.54) is 7.11 Å². The second kappa shape index (κ2) is 5.81. The summed E-state index contributed by atoms with van der Waals surface area (Å²) in [5.74, 6) is 0.492. The molecule has 26 heavy (non-hydrogen) atoms. The highest BCUT2D eigenvalue weighted by atomic mass is 16.7. The standard InChI is InChI=1S/C20H24O6/c1-4-7-19-9-13(21)17(22)20(24-3,18(19)23)16(11(19)2)12-5-6-14-15(8-12)26-10-25-14/h4-6,8,11,16-18,22-23H,1,7,9-10H2,2-3H3/t11-,16+,17-,18+,19-,20+/m1/s1. The van der Waals surface area contributed by atoms with Gasteiger partial charge in [0.1, 0.15) is 11.7 Å². The number of carbonyl (C=O) groups excluding carboxylic acids is 1. The summed E-state index contributed by atoms with van der Waals surface area (Å²) in [7, 11) is 1.45. The Kier molecular flexibility index (Phi) is 3.91. The minimum Gasteiger partial charge on any atom is -0.454 e. The topological polar surface area (TPSA) is 85.2 Å². The number of Topliss-reactive ketones (excluding diaryl/α,β-unsaturated/α-hetero) is 1. The molecule has 2 bridgehead atoms. The Bertz CT molecular complexity index is 761. The molecule has 6 atom stereocenters. The molecule has 1 aromatic carbocycles. The van der Waals surface area contributed by atoms with Gasteiger partial charge in [-0.2, -0.15) is 0 Å². The van der Waals surface area contributed by atoms with Gasteiger partial charge in [-0.3, -0.25) is 4.79 Å². The maximum absolute atomic E-state index is 12.6. The first-order valence-electron chi connectivity index (χ1n) is 8.87. The van der Waals surface area contributed by atoms with Crippen molar-refractivity contribution in [3.05, 3.63) is 36.4 Å². The number of aliphatic hydroxyl groups excluding tert-OH is 2. The fourth-order valence-electron chi connectivity index (χ4n) is 5.49. The third-order valence-corrected chi connectivity index (χ3v) is 6.73. The van der Waals surface area contributed by atoms with Crippen LogP contribution in [0.25, 0.3) is 0 Å². The van der Waals surface area contributed by atoms with Crippen molar-refractivity contribution >= 4 is 5.78 Å². The Labute approximate surface area is 152 Å². The van der Waals surface area contributed by atoms with Crippen LogP contribution in [0.4, 0.5) is 0 Å². The van der Waals surface area contributed by atoms with Crippen molar-refractivity contribution in [2.75, 3.05) is 13.9 Å². The first-order valence-corrected chi connectivity index (χ1v) is 8.87. The molecule has 1 aromatic rings. The largest absolute Gasteiger partial charge is 0.454 e. The van der Waals surface area contributed by atoms with E-state index in [2.05, 4.69) is 6.58 Å². The predicted molar refractivity (Wildman–Crippen MR) is 93.1 cm³/mol. The lowest BCUT2D eigenvalue weighted by molar-refractivity contribution is -0.199. The van der Waals surface area contributed by atoms with Gasteiger partial charge in [0.05, 0.1) is 6.10 Å². The molecule has 0 unspecified atom stereocenters. The van der Waals surface area contributed by atoms with Crippen LogP contribution in [0.1, 0.15) is 31.2 Å². The van der Waals surface area contributed by atoms with Gasteiger partial charge in [0.15, 0.2) is 17.3 Å². The van der Waals surface area contributed by atoms with Gasteiger partial charge in [0.25, 0.3) is 0 Å². The number of ether oxygens (including phenoxy) is 3. The Balaban J connectivity index is 1.90. The third kappa shape index (κ3) is 1.95. The summed E-state index contributed by atoms with van der Waals surface area (Å²) in [6.45, 7) is 5.98. The fourth-order valence-corrected chi connectivity index (χ4v) is 5.49. The number of benzene rings is 1. The molecule has 0 amide bonds. The highest BCUT2D eigenvalue weighted by molar-refractivity contribution is 5.87. The fraction of sp³-hybridized carbons (Fsp3) is 0.550. The van der Waals surface area contributed by atoms with Gasteiger partial charge in [-0.25, -0.2) is 0 Å². The van der Waals surface area contributed by atoms with Crippen molar-refractivity contribution in [1.82, 2.24) is 0 Å². The minimum absolute atomic E-state index is 0.106. The average molecular weight is 360 g/mol. The lowest BCUT2D eigenvalue weighted by Crippen LogP contribution is -2.63. The van der Waals surface area contributed by atoms with Crippen LogP contribution in [0.15, 0.2) is 30.9 Å². The van der Waals surface area contributed by atoms with Crippen LogP contribution in [-0.4, -0.2) is 47.7 Å². The zero-order valence-corrected chi connectivity index (χ0v) is 15.0. The molecule has 2 N–H and O–H groups in total. The number of methoxy groups -OCH3 is 1. The van der Waals surface area contributed by atoms with Crippen LogP contribution in [0.5, 0.6) is 11.5 Å². The van der Waals surface area contributed by atoms with Gasteiger partial charge in [-0.1, -0.05) is 19.1 Å². The summed E-state index contributed by atoms with van der Waals surface area (Å²) in [6.07, 6.45) is -0.0705. The average Bonchev–Trinajstić information content (AvgIpc) is 3.14. The molecule has 0 radical (unpaired) electrons. The molecule has 2 fully saturated rings. The van der Waals surface area contributed by atoms with Gasteiger partial charge in [0, 0.05) is 24.9 Å². The molecule has 0 saturated heterocycles. The normalized spacial score (nSPS) is 40.7. The zero-order chi connectivity index (χ0) is 18.7. The summed E-state index contributed by atoms with van der Waals surface area (Å²) in [6, 6.07) is 5.56. The maximum Gasteiger partial charge on any atom is 0.231 e. The predicted octanol–water partition coefficient (Wildman–Crippen LogP) is 1.79. The van der Waals surface area contributed by atoms with Gasteiger partial charge >= 0.3 is 0 Å². The molecule has 0 spiro atoms. The number of hydrogen-bond acceptors (Lipinski definition) is 6. The molecule has 2 aliphatic carbocycles. The van der Waals surface area contributed by atoms with E-state index < -0.39 is 23.2 Å². The molecule has 3 aliphatic rings. The van der Waals surface area contributed by atoms with Crippen molar-refractivity contribution in [3.8, 4) is 11.5 Å². The highest BCUT2D eigenvalue weighted by Gasteiger charge is 2.73. The van der Waals surface area contributed by atoms with E-state index in [0.29, 0.717) is 17.9 Å². The Morgan fingerprint density at radius 2 is 2.08 bits per heavy atom. The summed E-state index contributed by atoms with van der Waals surface area (Å²) in [4.78, 5) is 12.6. The van der Waals surface area contributed by atoms with E-state index in [1.807, 2.05) is 25.1 Å². The Morgan fingerprint density at radius 3 is 2.77 bits per heavy atom. The SMILES string of the molecule is C=CC[C@@]12CC(=O)[C@@H](O)[C@@](OC)([C@H](c3ccc4c(c3)OCO4)[C@H]1C)[C@H]2O. The zero-order valence-electron chi connectivity index (χ0n) is 15.0. The van der Waals surface area contributed by atoms with Crippen molar-refractivity contribution in [2.45, 2.75) is 43.5 Å². The number of carbonyl (C=O) groups is 1. The highest BCUT2D eigenvalue weighted by Crippen LogP contribution is 2.65. The van der Waals surface area contributed by atoms with Crippen molar-refractivity contribution in [3.63, 3.8) is 0 Å². The monoisotopic (exact) mass is 360 g/mol. The summed E-state index contributed by atoms with van der Waals surface area (Å²) in [5.41, 5.74) is -1.26. The molecule has 6 nitrogen and oxygen atoms in total. The number of rotatable bonds is 4. The van der Waals surface area contributed by atoms with E-state index in [0.717, 1.165) is 5.56 Å². The van der Waals surface area contributed by atoms with Crippen LogP contribution in [0, 0.1) is 11.3 Å². The van der Waals surface area contributed by atoms with Gasteiger partial charge in [-0.15, -0.1) is 6.58 Å². The molecular formula is C20H24O6. The van der Waals surface area contributed by atoms with Gasteiger partial charge in [-0.05, 0) is 30.0 Å². The third-order valence-electron chi connectivity index (χ3n) is 6.73. The number of aliphatic hydroxyl groups is 2. The lowest BCUT2D eigenvalue weighted by atomic mass is 9.65. The van der Waals surface area contributed by atoms with Crippen LogP contribution >= 0.6 is 0 Å². The van der Waals surface area contributed by atoms with E-state index in [-0.39, 0.29) is 30.8 Å². The molecular weight excluding hydrogens is 336 g/mol. The van der Waals surface area contributed by atoms with Crippen LogP contribution < -0.4 is 9.47 Å². The molecule has 2 saturated carbocycles. The van der Waals surface area contributed by atoms with Crippen molar-refractivity contribution in [2.24, 2.45) is 11.3 Å². The molecule has 6 heteroatoms. The van der Waals surface area contributed by atoms with Crippen LogP contribution in [-0.2, 0) is 9.53 Å². The first kappa shape index (κ1) is 17.5. The number of hydrogen-bond donors (Lipinski definition) is 2. The van der Waals surface area contributed by atoms with Crippen LogP contribution in [0.3, 0.4) is 0 Å². The number of ketones is 1. The smallest absolute Gasteiger partial charge is 0.231 e. The van der Waals surface area contributed by atoms with Gasteiger partial charge < -0.3 is 24.4 Å². The van der Waals surface area contributed by atoms with E-state index in [4.69, 9.17) is 14.2 Å². The summed E-state index contributed by atoms with van der Waals surface area (Å²) >= 11 is 0. The quantitative estimate of drug-likeness (QED) is 0.797. The van der Waals surface area contributed by atoms with E-state index in [1.54, 1.807) is 6.08 Å². The Hall–Kier alpha value is -1.89. The second-order valence-corrected chi connectivity index (χ2v) is 7.61. The van der Waals surface area contributed by atoms with E-state index in [9.17, 15) is 15.0 Å². The number of allylic oxidation sites excluding steroid dienone is 1. The molecule has 140 valence electrons. The van der Waals surface area contributed by atoms with Gasteiger partial charge in [0.2, 0.25) is 6.79 Å². The number of fused-ring (bicyclic) bond motifs is 3. The molecule has 0 aromatic heterocycles. The van der Waals surface area contributed by atoms with Crippen LogP contribution in [0.2, 0.25) is 0 Å². The molecule has 1 heterocycles. The molecule has 4 rings (SSSR count).